The highest BCUT2D eigenvalue weighted by molar-refractivity contribution is 9.10. The van der Waals surface area contributed by atoms with E-state index in [9.17, 15) is 0 Å². The molecule has 0 unspecified atom stereocenters. The van der Waals surface area contributed by atoms with Crippen molar-refractivity contribution in [3.63, 3.8) is 0 Å². The van der Waals surface area contributed by atoms with Gasteiger partial charge >= 0.3 is 0 Å². The molecule has 0 radical (unpaired) electrons. The third-order valence-electron chi connectivity index (χ3n) is 2.70. The van der Waals surface area contributed by atoms with E-state index in [1.807, 2.05) is 42.5 Å². The Balaban J connectivity index is 2.03. The first-order valence-electron chi connectivity index (χ1n) is 5.55. The molecule has 0 saturated heterocycles. The number of benzene rings is 1. The maximum absolute atomic E-state index is 4.32. The van der Waals surface area contributed by atoms with E-state index < -0.39 is 0 Å². The summed E-state index contributed by atoms with van der Waals surface area (Å²) < 4.78 is 1.05. The van der Waals surface area contributed by atoms with E-state index in [1.54, 1.807) is 12.4 Å². The average molecular weight is 300 g/mol. The monoisotopic (exact) mass is 299 g/mol. The van der Waals surface area contributed by atoms with Crippen LogP contribution >= 0.6 is 15.9 Å². The first-order chi connectivity index (χ1) is 8.84. The van der Waals surface area contributed by atoms with Crippen LogP contribution in [0, 0.1) is 0 Å². The summed E-state index contributed by atoms with van der Waals surface area (Å²) in [7, 11) is 0. The molecular formula is C14H10BrN3. The Morgan fingerprint density at radius 2 is 1.94 bits per heavy atom. The summed E-state index contributed by atoms with van der Waals surface area (Å²) in [6, 6.07) is 14.0. The van der Waals surface area contributed by atoms with Gasteiger partial charge in [-0.3, -0.25) is 10.1 Å². The molecule has 0 fully saturated rings. The lowest BCUT2D eigenvalue weighted by molar-refractivity contribution is 1.10. The third-order valence-corrected chi connectivity index (χ3v) is 3.39. The predicted molar refractivity (Wildman–Crippen MR) is 75.0 cm³/mol. The highest BCUT2D eigenvalue weighted by Gasteiger charge is 2.07. The van der Waals surface area contributed by atoms with Gasteiger partial charge in [0.1, 0.15) is 0 Å². The van der Waals surface area contributed by atoms with E-state index in [0.29, 0.717) is 0 Å². The van der Waals surface area contributed by atoms with Gasteiger partial charge in [-0.2, -0.15) is 5.10 Å². The van der Waals surface area contributed by atoms with Gasteiger partial charge in [-0.05, 0) is 24.3 Å². The van der Waals surface area contributed by atoms with Gasteiger partial charge in [0.05, 0.1) is 11.4 Å². The van der Waals surface area contributed by atoms with Crippen LogP contribution in [0.2, 0.25) is 0 Å². The summed E-state index contributed by atoms with van der Waals surface area (Å²) in [5.41, 5.74) is 3.99. The Bertz CT molecular complexity index is 662. The quantitative estimate of drug-likeness (QED) is 0.780. The molecule has 2 heterocycles. The van der Waals surface area contributed by atoms with Crippen LogP contribution in [0.1, 0.15) is 0 Å². The van der Waals surface area contributed by atoms with Gasteiger partial charge in [0.2, 0.25) is 0 Å². The highest BCUT2D eigenvalue weighted by atomic mass is 79.9. The summed E-state index contributed by atoms with van der Waals surface area (Å²) in [5, 5.41) is 7.37. The van der Waals surface area contributed by atoms with E-state index in [2.05, 4.69) is 31.1 Å². The van der Waals surface area contributed by atoms with Crippen LogP contribution in [0.5, 0.6) is 0 Å². The second-order valence-electron chi connectivity index (χ2n) is 3.89. The zero-order valence-corrected chi connectivity index (χ0v) is 11.1. The summed E-state index contributed by atoms with van der Waals surface area (Å²) in [5.74, 6) is 0. The topological polar surface area (TPSA) is 41.6 Å². The SMILES string of the molecule is Brc1ccccc1-c1cc(-c2cccnc2)n[nH]1. The molecule has 1 N–H and O–H groups in total. The number of H-pyrrole nitrogens is 1. The predicted octanol–water partition coefficient (Wildman–Crippen LogP) is 3.90. The van der Waals surface area contributed by atoms with E-state index in [1.165, 1.54) is 0 Å². The number of halogens is 1. The fraction of sp³-hybridized carbons (Fsp3) is 0. The molecule has 0 aliphatic rings. The summed E-state index contributed by atoms with van der Waals surface area (Å²) in [6.07, 6.45) is 3.56. The van der Waals surface area contributed by atoms with E-state index in [-0.39, 0.29) is 0 Å². The maximum atomic E-state index is 4.32. The van der Waals surface area contributed by atoms with Gasteiger partial charge in [-0.15, -0.1) is 0 Å². The number of aromatic nitrogens is 3. The van der Waals surface area contributed by atoms with Crippen molar-refractivity contribution in [2.45, 2.75) is 0 Å². The van der Waals surface area contributed by atoms with Crippen LogP contribution in [-0.4, -0.2) is 15.2 Å². The molecule has 3 aromatic rings. The number of pyridine rings is 1. The second-order valence-corrected chi connectivity index (χ2v) is 4.74. The summed E-state index contributed by atoms with van der Waals surface area (Å²) >= 11 is 3.54. The molecule has 0 amide bonds. The Morgan fingerprint density at radius 1 is 1.06 bits per heavy atom. The summed E-state index contributed by atoms with van der Waals surface area (Å²) in [4.78, 5) is 4.10. The van der Waals surface area contributed by atoms with Gasteiger partial charge in [0, 0.05) is 28.0 Å². The zero-order valence-electron chi connectivity index (χ0n) is 9.47. The number of nitrogens with one attached hydrogen (secondary N) is 1. The number of rotatable bonds is 2. The van der Waals surface area contributed by atoms with Crippen molar-refractivity contribution < 1.29 is 0 Å². The van der Waals surface area contributed by atoms with Crippen LogP contribution in [0.15, 0.2) is 59.3 Å². The largest absolute Gasteiger partial charge is 0.277 e. The Labute approximate surface area is 113 Å². The Kier molecular flexibility index (Phi) is 2.94. The Hall–Kier alpha value is -1.94. The molecular weight excluding hydrogens is 290 g/mol. The molecule has 3 nitrogen and oxygen atoms in total. The minimum absolute atomic E-state index is 0.897. The molecule has 0 spiro atoms. The van der Waals surface area contributed by atoms with Crippen LogP contribution in [-0.2, 0) is 0 Å². The van der Waals surface area contributed by atoms with Crippen molar-refractivity contribution in [1.82, 2.24) is 15.2 Å². The first-order valence-corrected chi connectivity index (χ1v) is 6.34. The minimum Gasteiger partial charge on any atom is -0.277 e. The maximum Gasteiger partial charge on any atom is 0.0942 e. The van der Waals surface area contributed by atoms with Crippen molar-refractivity contribution in [2.24, 2.45) is 0 Å². The smallest absolute Gasteiger partial charge is 0.0942 e. The standard InChI is InChI=1S/C14H10BrN3/c15-12-6-2-1-5-11(12)14-8-13(17-18-14)10-4-3-7-16-9-10/h1-9H,(H,17,18). The van der Waals surface area contributed by atoms with Crippen molar-refractivity contribution in [2.75, 3.05) is 0 Å². The molecule has 2 aromatic heterocycles. The molecule has 0 aliphatic carbocycles. The number of hydrogen-bond donors (Lipinski definition) is 1. The molecule has 0 atom stereocenters. The Morgan fingerprint density at radius 3 is 2.72 bits per heavy atom. The van der Waals surface area contributed by atoms with E-state index in [0.717, 1.165) is 27.0 Å². The number of hydrogen-bond acceptors (Lipinski definition) is 2. The minimum atomic E-state index is 0.897. The van der Waals surface area contributed by atoms with Gasteiger partial charge in [0.15, 0.2) is 0 Å². The zero-order chi connectivity index (χ0) is 12.4. The molecule has 0 saturated carbocycles. The van der Waals surface area contributed by atoms with Gasteiger partial charge < -0.3 is 0 Å². The van der Waals surface area contributed by atoms with Gasteiger partial charge in [-0.1, -0.05) is 34.1 Å². The van der Waals surface area contributed by atoms with Crippen LogP contribution in [0.4, 0.5) is 0 Å². The fourth-order valence-electron chi connectivity index (χ4n) is 1.80. The fourth-order valence-corrected chi connectivity index (χ4v) is 2.30. The molecule has 0 bridgehead atoms. The lowest BCUT2D eigenvalue weighted by Gasteiger charge is -1.99. The van der Waals surface area contributed by atoms with E-state index in [4.69, 9.17) is 0 Å². The lowest BCUT2D eigenvalue weighted by Crippen LogP contribution is -1.78. The second kappa shape index (κ2) is 4.74. The molecule has 1 aromatic carbocycles. The summed E-state index contributed by atoms with van der Waals surface area (Å²) in [6.45, 7) is 0. The molecule has 4 heteroatoms. The van der Waals surface area contributed by atoms with Gasteiger partial charge in [0.25, 0.3) is 0 Å². The van der Waals surface area contributed by atoms with Gasteiger partial charge in [-0.25, -0.2) is 0 Å². The lowest BCUT2D eigenvalue weighted by atomic mass is 10.1. The molecule has 3 rings (SSSR count). The number of nitrogens with zero attached hydrogens (tertiary/aromatic N) is 2. The van der Waals surface area contributed by atoms with Crippen molar-refractivity contribution in [1.29, 1.82) is 0 Å². The number of aromatic amines is 1. The third kappa shape index (κ3) is 2.07. The van der Waals surface area contributed by atoms with Crippen LogP contribution in [0.3, 0.4) is 0 Å². The normalized spacial score (nSPS) is 10.5. The van der Waals surface area contributed by atoms with Crippen molar-refractivity contribution in [3.8, 4) is 22.5 Å². The van der Waals surface area contributed by atoms with Crippen molar-refractivity contribution >= 4 is 15.9 Å². The molecule has 0 aliphatic heterocycles. The van der Waals surface area contributed by atoms with E-state index >= 15 is 0 Å². The molecule has 18 heavy (non-hydrogen) atoms. The highest BCUT2D eigenvalue weighted by Crippen LogP contribution is 2.28. The average Bonchev–Trinajstić information content (AvgIpc) is 2.90. The van der Waals surface area contributed by atoms with Crippen LogP contribution in [0.25, 0.3) is 22.5 Å². The molecule has 88 valence electrons. The van der Waals surface area contributed by atoms with Crippen molar-refractivity contribution in [3.05, 3.63) is 59.3 Å². The van der Waals surface area contributed by atoms with Crippen LogP contribution < -0.4 is 0 Å². The first kappa shape index (κ1) is 11.2.